The van der Waals surface area contributed by atoms with Gasteiger partial charge in [-0.1, -0.05) is 22.0 Å². The Balaban J connectivity index is 2.61. The molecule has 15 heavy (non-hydrogen) atoms. The zero-order chi connectivity index (χ0) is 11.5. The number of aliphatic carboxylic acids is 1. The normalized spacial score (nSPS) is 11.1. The molecule has 3 nitrogen and oxygen atoms in total. The second-order valence-electron chi connectivity index (χ2n) is 3.94. The van der Waals surface area contributed by atoms with Gasteiger partial charge in [-0.2, -0.15) is 0 Å². The Hall–Kier alpha value is -1.03. The van der Waals surface area contributed by atoms with E-state index in [9.17, 15) is 4.79 Å². The minimum atomic E-state index is -0.873. The number of carboxylic acid groups (broad SMARTS) is 1. The van der Waals surface area contributed by atoms with Crippen LogP contribution in [0, 0.1) is 5.41 Å². The summed E-state index contributed by atoms with van der Waals surface area (Å²) < 4.78 is 6.31. The second kappa shape index (κ2) is 4.66. The molecule has 0 amide bonds. The van der Waals surface area contributed by atoms with Gasteiger partial charge in [0.25, 0.3) is 0 Å². The van der Waals surface area contributed by atoms with Crippen LogP contribution in [0.1, 0.15) is 13.8 Å². The molecule has 0 fully saturated rings. The van der Waals surface area contributed by atoms with Gasteiger partial charge < -0.3 is 9.84 Å². The minimum Gasteiger partial charge on any atom is -0.492 e. The molecule has 4 heteroatoms. The van der Waals surface area contributed by atoms with Crippen LogP contribution in [0.5, 0.6) is 5.75 Å². The van der Waals surface area contributed by atoms with Gasteiger partial charge in [-0.05, 0) is 32.0 Å². The summed E-state index contributed by atoms with van der Waals surface area (Å²) >= 11 is 3.32. The molecular formula is C11H13BrO3. The van der Waals surface area contributed by atoms with Crippen LogP contribution in [-0.4, -0.2) is 17.7 Å². The van der Waals surface area contributed by atoms with E-state index in [0.717, 1.165) is 4.47 Å². The maximum absolute atomic E-state index is 10.8. The minimum absolute atomic E-state index is 0.152. The molecule has 0 saturated heterocycles. The van der Waals surface area contributed by atoms with Crippen LogP contribution >= 0.6 is 15.9 Å². The SMILES string of the molecule is CC(C)(COc1cccc(Br)c1)C(=O)O. The highest BCUT2D eigenvalue weighted by Gasteiger charge is 2.28. The molecule has 0 saturated carbocycles. The lowest BCUT2D eigenvalue weighted by Crippen LogP contribution is -2.30. The number of hydrogen-bond donors (Lipinski definition) is 1. The Morgan fingerprint density at radius 3 is 2.73 bits per heavy atom. The average molecular weight is 273 g/mol. The molecule has 1 aromatic rings. The Kier molecular flexibility index (Phi) is 3.74. The van der Waals surface area contributed by atoms with E-state index in [1.54, 1.807) is 26.0 Å². The number of rotatable bonds is 4. The molecule has 1 rings (SSSR count). The van der Waals surface area contributed by atoms with Crippen molar-refractivity contribution in [2.24, 2.45) is 5.41 Å². The molecular weight excluding hydrogens is 260 g/mol. The van der Waals surface area contributed by atoms with Gasteiger partial charge in [-0.3, -0.25) is 4.79 Å². The fourth-order valence-corrected chi connectivity index (χ4v) is 1.26. The van der Waals surface area contributed by atoms with Gasteiger partial charge in [0.05, 0.1) is 5.41 Å². The highest BCUT2D eigenvalue weighted by Crippen LogP contribution is 2.21. The first kappa shape index (κ1) is 12.0. The maximum atomic E-state index is 10.8. The molecule has 0 aliphatic heterocycles. The number of carbonyl (C=O) groups is 1. The van der Waals surface area contributed by atoms with E-state index in [2.05, 4.69) is 15.9 Å². The second-order valence-corrected chi connectivity index (χ2v) is 4.85. The van der Waals surface area contributed by atoms with Crippen molar-refractivity contribution >= 4 is 21.9 Å². The van der Waals surface area contributed by atoms with Crippen molar-refractivity contribution in [3.8, 4) is 5.75 Å². The molecule has 0 spiro atoms. The third-order valence-electron chi connectivity index (χ3n) is 1.97. The van der Waals surface area contributed by atoms with Crippen molar-refractivity contribution in [3.63, 3.8) is 0 Å². The van der Waals surface area contributed by atoms with E-state index in [-0.39, 0.29) is 6.61 Å². The van der Waals surface area contributed by atoms with Crippen molar-refractivity contribution in [3.05, 3.63) is 28.7 Å². The summed E-state index contributed by atoms with van der Waals surface area (Å²) in [4.78, 5) is 10.8. The Morgan fingerprint density at radius 1 is 1.53 bits per heavy atom. The first-order valence-electron chi connectivity index (χ1n) is 4.53. The molecule has 0 atom stereocenters. The highest BCUT2D eigenvalue weighted by atomic mass is 79.9. The van der Waals surface area contributed by atoms with E-state index in [1.807, 2.05) is 12.1 Å². The van der Waals surface area contributed by atoms with E-state index in [0.29, 0.717) is 5.75 Å². The molecule has 0 aromatic heterocycles. The lowest BCUT2D eigenvalue weighted by atomic mass is 9.95. The summed E-state index contributed by atoms with van der Waals surface area (Å²) in [5.41, 5.74) is -0.873. The van der Waals surface area contributed by atoms with Gasteiger partial charge in [0, 0.05) is 4.47 Å². The largest absolute Gasteiger partial charge is 0.492 e. The number of ether oxygens (including phenoxy) is 1. The summed E-state index contributed by atoms with van der Waals surface area (Å²) in [5, 5.41) is 8.88. The molecule has 0 bridgehead atoms. The van der Waals surface area contributed by atoms with Crippen LogP contribution in [0.3, 0.4) is 0 Å². The van der Waals surface area contributed by atoms with Crippen LogP contribution < -0.4 is 4.74 Å². The number of carboxylic acids is 1. The van der Waals surface area contributed by atoms with Gasteiger partial charge in [-0.15, -0.1) is 0 Å². The van der Waals surface area contributed by atoms with Crippen LogP contribution in [-0.2, 0) is 4.79 Å². The zero-order valence-electron chi connectivity index (χ0n) is 8.66. The van der Waals surface area contributed by atoms with Crippen molar-refractivity contribution in [2.45, 2.75) is 13.8 Å². The highest BCUT2D eigenvalue weighted by molar-refractivity contribution is 9.10. The smallest absolute Gasteiger partial charge is 0.312 e. The molecule has 0 radical (unpaired) electrons. The topological polar surface area (TPSA) is 46.5 Å². The molecule has 0 aliphatic rings. The van der Waals surface area contributed by atoms with E-state index < -0.39 is 11.4 Å². The summed E-state index contributed by atoms with van der Waals surface area (Å²) in [6, 6.07) is 7.32. The zero-order valence-corrected chi connectivity index (χ0v) is 10.2. The Morgan fingerprint density at radius 2 is 2.20 bits per heavy atom. The van der Waals surface area contributed by atoms with E-state index in [1.165, 1.54) is 0 Å². The van der Waals surface area contributed by atoms with Crippen molar-refractivity contribution in [1.29, 1.82) is 0 Å². The van der Waals surface area contributed by atoms with Gasteiger partial charge in [-0.25, -0.2) is 0 Å². The van der Waals surface area contributed by atoms with Crippen molar-refractivity contribution in [2.75, 3.05) is 6.61 Å². The third kappa shape index (κ3) is 3.55. The van der Waals surface area contributed by atoms with Crippen LogP contribution in [0.15, 0.2) is 28.7 Å². The summed E-state index contributed by atoms with van der Waals surface area (Å²) in [6.07, 6.45) is 0. The molecule has 1 N–H and O–H groups in total. The molecule has 82 valence electrons. The van der Waals surface area contributed by atoms with Gasteiger partial charge in [0.15, 0.2) is 0 Å². The average Bonchev–Trinajstić information content (AvgIpc) is 2.15. The van der Waals surface area contributed by atoms with Crippen LogP contribution in [0.25, 0.3) is 0 Å². The Labute approximate surface area is 97.2 Å². The standard InChI is InChI=1S/C11H13BrO3/c1-11(2,10(13)14)7-15-9-5-3-4-8(12)6-9/h3-6H,7H2,1-2H3,(H,13,14). The summed E-state index contributed by atoms with van der Waals surface area (Å²) in [7, 11) is 0. The van der Waals surface area contributed by atoms with E-state index >= 15 is 0 Å². The van der Waals surface area contributed by atoms with Gasteiger partial charge in [0.1, 0.15) is 12.4 Å². The molecule has 0 heterocycles. The first-order valence-corrected chi connectivity index (χ1v) is 5.33. The lowest BCUT2D eigenvalue weighted by Gasteiger charge is -2.19. The molecule has 0 aliphatic carbocycles. The molecule has 0 unspecified atom stereocenters. The van der Waals surface area contributed by atoms with Crippen molar-refractivity contribution in [1.82, 2.24) is 0 Å². The quantitative estimate of drug-likeness (QED) is 0.917. The van der Waals surface area contributed by atoms with E-state index in [4.69, 9.17) is 9.84 Å². The monoisotopic (exact) mass is 272 g/mol. The van der Waals surface area contributed by atoms with Gasteiger partial charge >= 0.3 is 5.97 Å². The Bertz CT molecular complexity index is 361. The predicted octanol–water partition coefficient (Wildman–Crippen LogP) is 2.94. The maximum Gasteiger partial charge on any atom is 0.312 e. The number of benzene rings is 1. The first-order chi connectivity index (χ1) is 6.92. The predicted molar refractivity (Wildman–Crippen MR) is 61.1 cm³/mol. The van der Waals surface area contributed by atoms with Crippen LogP contribution in [0.2, 0.25) is 0 Å². The fraction of sp³-hybridized carbons (Fsp3) is 0.364. The number of hydrogen-bond acceptors (Lipinski definition) is 2. The summed E-state index contributed by atoms with van der Waals surface area (Å²) in [6.45, 7) is 3.42. The fourth-order valence-electron chi connectivity index (χ4n) is 0.882. The summed E-state index contributed by atoms with van der Waals surface area (Å²) in [5.74, 6) is -0.198. The van der Waals surface area contributed by atoms with Crippen LogP contribution in [0.4, 0.5) is 0 Å². The molecule has 1 aromatic carbocycles. The number of halogens is 1. The third-order valence-corrected chi connectivity index (χ3v) is 2.47. The van der Waals surface area contributed by atoms with Crippen molar-refractivity contribution < 1.29 is 14.6 Å². The van der Waals surface area contributed by atoms with Gasteiger partial charge in [0.2, 0.25) is 0 Å². The lowest BCUT2D eigenvalue weighted by molar-refractivity contribution is -0.148.